The number of hydrogen-bond acceptors (Lipinski definition) is 3. The summed E-state index contributed by atoms with van der Waals surface area (Å²) in [6, 6.07) is 2.12. The lowest BCUT2D eigenvalue weighted by molar-refractivity contribution is 0.0915. The molecule has 0 bridgehead atoms. The number of hydrogen-bond donors (Lipinski definition) is 1. The fourth-order valence-corrected chi connectivity index (χ4v) is 3.94. The molecule has 1 fully saturated rings. The van der Waals surface area contributed by atoms with Gasteiger partial charge in [-0.15, -0.1) is 11.3 Å². The molecule has 20 heavy (non-hydrogen) atoms. The zero-order valence-electron chi connectivity index (χ0n) is 12.7. The van der Waals surface area contributed by atoms with Crippen molar-refractivity contribution in [2.75, 3.05) is 19.6 Å². The van der Waals surface area contributed by atoms with Crippen LogP contribution in [0, 0.1) is 17.3 Å². The molecule has 1 aromatic heterocycles. The molecule has 0 saturated carbocycles. The van der Waals surface area contributed by atoms with Crippen molar-refractivity contribution < 1.29 is 0 Å². The molecule has 2 rings (SSSR count). The van der Waals surface area contributed by atoms with E-state index in [0.717, 1.165) is 6.54 Å². The highest BCUT2D eigenvalue weighted by atomic mass is 32.1. The number of nitrogens with two attached hydrogens (primary N) is 1. The SMILES string of the molecule is CCC1(CC)CCN(Cc2sccc2C#CCN)CC1. The summed E-state index contributed by atoms with van der Waals surface area (Å²) >= 11 is 1.82. The van der Waals surface area contributed by atoms with Crippen molar-refractivity contribution in [2.24, 2.45) is 11.1 Å². The summed E-state index contributed by atoms with van der Waals surface area (Å²) in [5, 5.41) is 2.14. The molecule has 1 aliphatic heterocycles. The molecule has 1 aliphatic rings. The van der Waals surface area contributed by atoms with E-state index in [-0.39, 0.29) is 0 Å². The van der Waals surface area contributed by atoms with Crippen LogP contribution in [0.25, 0.3) is 0 Å². The van der Waals surface area contributed by atoms with E-state index in [4.69, 9.17) is 5.73 Å². The monoisotopic (exact) mass is 290 g/mol. The Bertz CT molecular complexity index is 467. The van der Waals surface area contributed by atoms with E-state index in [1.807, 2.05) is 11.3 Å². The van der Waals surface area contributed by atoms with Crippen LogP contribution in [0.15, 0.2) is 11.4 Å². The Kier molecular flexibility index (Phi) is 5.65. The van der Waals surface area contributed by atoms with Crippen molar-refractivity contribution in [3.63, 3.8) is 0 Å². The second-order valence-corrected chi connectivity index (χ2v) is 6.75. The summed E-state index contributed by atoms with van der Waals surface area (Å²) in [6.07, 6.45) is 5.33. The summed E-state index contributed by atoms with van der Waals surface area (Å²) in [7, 11) is 0. The largest absolute Gasteiger partial charge is 0.320 e. The first-order valence-electron chi connectivity index (χ1n) is 7.70. The van der Waals surface area contributed by atoms with Crippen LogP contribution in [0.2, 0.25) is 0 Å². The average molecular weight is 290 g/mol. The Morgan fingerprint density at radius 2 is 2.00 bits per heavy atom. The first-order valence-corrected chi connectivity index (χ1v) is 8.58. The number of rotatable bonds is 4. The Morgan fingerprint density at radius 3 is 2.60 bits per heavy atom. The van der Waals surface area contributed by atoms with E-state index >= 15 is 0 Å². The van der Waals surface area contributed by atoms with Crippen LogP contribution in [0.4, 0.5) is 0 Å². The third-order valence-corrected chi connectivity index (χ3v) is 5.76. The third kappa shape index (κ3) is 3.63. The first-order chi connectivity index (χ1) is 9.73. The van der Waals surface area contributed by atoms with Crippen molar-refractivity contribution >= 4 is 11.3 Å². The number of thiophene rings is 1. The number of nitrogens with zero attached hydrogens (tertiary/aromatic N) is 1. The molecular formula is C17H26N2S. The van der Waals surface area contributed by atoms with E-state index in [1.165, 1.54) is 49.2 Å². The van der Waals surface area contributed by atoms with Crippen molar-refractivity contribution in [1.82, 2.24) is 4.90 Å². The lowest BCUT2D eigenvalue weighted by Gasteiger charge is -2.41. The van der Waals surface area contributed by atoms with Crippen molar-refractivity contribution in [2.45, 2.75) is 46.1 Å². The van der Waals surface area contributed by atoms with Gasteiger partial charge in [-0.05, 0) is 42.8 Å². The summed E-state index contributed by atoms with van der Waals surface area (Å²) in [4.78, 5) is 3.98. The molecule has 3 heteroatoms. The average Bonchev–Trinajstić information content (AvgIpc) is 2.93. The minimum atomic E-state index is 0.439. The van der Waals surface area contributed by atoms with Gasteiger partial charge < -0.3 is 5.73 Å². The molecule has 2 heterocycles. The molecule has 0 atom stereocenters. The molecule has 0 amide bonds. The predicted molar refractivity (Wildman–Crippen MR) is 87.8 cm³/mol. The van der Waals surface area contributed by atoms with Crippen LogP contribution in [-0.2, 0) is 6.54 Å². The van der Waals surface area contributed by atoms with Gasteiger partial charge in [0.15, 0.2) is 0 Å². The molecule has 0 aromatic carbocycles. The van der Waals surface area contributed by atoms with Gasteiger partial charge in [-0.3, -0.25) is 4.90 Å². The Balaban J connectivity index is 1.94. The maximum Gasteiger partial charge on any atom is 0.0555 e. The van der Waals surface area contributed by atoms with Crippen LogP contribution in [0.3, 0.4) is 0 Å². The second-order valence-electron chi connectivity index (χ2n) is 5.75. The number of piperidine rings is 1. The predicted octanol–water partition coefficient (Wildman–Crippen LogP) is 3.46. The highest BCUT2D eigenvalue weighted by molar-refractivity contribution is 7.10. The van der Waals surface area contributed by atoms with E-state index in [1.54, 1.807) is 0 Å². The molecule has 1 saturated heterocycles. The summed E-state index contributed by atoms with van der Waals surface area (Å²) < 4.78 is 0. The first kappa shape index (κ1) is 15.6. The molecule has 110 valence electrons. The second kappa shape index (κ2) is 7.26. The molecular weight excluding hydrogens is 264 g/mol. The minimum absolute atomic E-state index is 0.439. The summed E-state index contributed by atoms with van der Waals surface area (Å²) in [5.41, 5.74) is 7.23. The van der Waals surface area contributed by atoms with Crippen LogP contribution in [0.1, 0.15) is 50.0 Å². The molecule has 0 spiro atoms. The zero-order chi connectivity index (χ0) is 14.4. The number of likely N-dealkylation sites (tertiary alicyclic amines) is 1. The van der Waals surface area contributed by atoms with E-state index < -0.39 is 0 Å². The summed E-state index contributed by atoms with van der Waals surface area (Å²) in [5.74, 6) is 6.16. The van der Waals surface area contributed by atoms with Gasteiger partial charge in [0.2, 0.25) is 0 Å². The maximum absolute atomic E-state index is 5.46. The minimum Gasteiger partial charge on any atom is -0.320 e. The molecule has 0 unspecified atom stereocenters. The van der Waals surface area contributed by atoms with Gasteiger partial charge in [0.25, 0.3) is 0 Å². The van der Waals surface area contributed by atoms with E-state index in [9.17, 15) is 0 Å². The van der Waals surface area contributed by atoms with Gasteiger partial charge in [0.05, 0.1) is 6.54 Å². The smallest absolute Gasteiger partial charge is 0.0555 e. The van der Waals surface area contributed by atoms with E-state index in [2.05, 4.69) is 42.0 Å². The van der Waals surface area contributed by atoms with Gasteiger partial charge in [0.1, 0.15) is 0 Å². The standard InChI is InChI=1S/C17H26N2S/c1-3-17(4-2)8-11-19(12-9-17)14-16-15(6-5-10-18)7-13-20-16/h7,13H,3-4,8-12,14,18H2,1-2H3. The topological polar surface area (TPSA) is 29.3 Å². The fraction of sp³-hybridized carbons (Fsp3) is 0.647. The van der Waals surface area contributed by atoms with Crippen molar-refractivity contribution in [3.05, 3.63) is 21.9 Å². The van der Waals surface area contributed by atoms with Gasteiger partial charge in [-0.25, -0.2) is 0 Å². The molecule has 0 aliphatic carbocycles. The van der Waals surface area contributed by atoms with Crippen LogP contribution >= 0.6 is 11.3 Å². The molecule has 0 radical (unpaired) electrons. The van der Waals surface area contributed by atoms with Gasteiger partial charge in [-0.2, -0.15) is 0 Å². The Morgan fingerprint density at radius 1 is 1.30 bits per heavy atom. The van der Waals surface area contributed by atoms with E-state index in [0.29, 0.717) is 12.0 Å². The third-order valence-electron chi connectivity index (χ3n) is 4.85. The van der Waals surface area contributed by atoms with Gasteiger partial charge in [0, 0.05) is 17.0 Å². The summed E-state index contributed by atoms with van der Waals surface area (Å²) in [6.45, 7) is 8.63. The highest BCUT2D eigenvalue weighted by Crippen LogP contribution is 2.38. The fourth-order valence-electron chi connectivity index (χ4n) is 3.07. The molecule has 2 nitrogen and oxygen atoms in total. The van der Waals surface area contributed by atoms with Crippen LogP contribution in [0.5, 0.6) is 0 Å². The Hall–Kier alpha value is -0.820. The quantitative estimate of drug-likeness (QED) is 0.861. The molecule has 2 N–H and O–H groups in total. The lowest BCUT2D eigenvalue weighted by Crippen LogP contribution is -2.39. The van der Waals surface area contributed by atoms with Crippen molar-refractivity contribution in [3.8, 4) is 11.8 Å². The van der Waals surface area contributed by atoms with Crippen molar-refractivity contribution in [1.29, 1.82) is 0 Å². The zero-order valence-corrected chi connectivity index (χ0v) is 13.6. The van der Waals surface area contributed by atoms with Crippen LogP contribution < -0.4 is 5.73 Å². The Labute approximate surface area is 127 Å². The molecule has 1 aromatic rings. The lowest BCUT2D eigenvalue weighted by atomic mass is 9.74. The van der Waals surface area contributed by atoms with Crippen LogP contribution in [-0.4, -0.2) is 24.5 Å². The van der Waals surface area contributed by atoms with Gasteiger partial charge in [-0.1, -0.05) is 38.5 Å². The highest BCUT2D eigenvalue weighted by Gasteiger charge is 2.31. The maximum atomic E-state index is 5.46. The van der Waals surface area contributed by atoms with Gasteiger partial charge >= 0.3 is 0 Å². The normalized spacial score (nSPS) is 18.6.